The van der Waals surface area contributed by atoms with Crippen LogP contribution in [0.15, 0.2) is 23.8 Å². The zero-order valence-corrected chi connectivity index (χ0v) is 15.4. The van der Waals surface area contributed by atoms with Gasteiger partial charge in [0.1, 0.15) is 18.5 Å². The lowest BCUT2D eigenvalue weighted by Crippen LogP contribution is -2.51. The monoisotopic (exact) mass is 340 g/mol. The van der Waals surface area contributed by atoms with Gasteiger partial charge in [-0.1, -0.05) is 32.9 Å². The number of epoxide rings is 1. The Bertz CT molecular complexity index is 706. The number of ketones is 1. The normalized spacial score (nSPS) is 53.9. The molecule has 5 rings (SSSR count). The summed E-state index contributed by atoms with van der Waals surface area (Å²) in [7, 11) is 0. The topological polar surface area (TPSA) is 46.7 Å². The summed E-state index contributed by atoms with van der Waals surface area (Å²) in [5.41, 5.74) is 1.46. The van der Waals surface area contributed by atoms with Crippen LogP contribution in [0.5, 0.6) is 0 Å². The Balaban J connectivity index is 1.53. The molecule has 3 fully saturated rings. The van der Waals surface area contributed by atoms with Crippen molar-refractivity contribution in [2.45, 2.75) is 58.7 Å². The summed E-state index contributed by atoms with van der Waals surface area (Å²) in [5.74, 6) is 2.61. The number of aldehydes is 1. The summed E-state index contributed by atoms with van der Waals surface area (Å²) in [6, 6.07) is 0. The average molecular weight is 340 g/mol. The summed E-state index contributed by atoms with van der Waals surface area (Å²) in [5, 5.41) is 0. The zero-order valence-electron chi connectivity index (χ0n) is 15.4. The van der Waals surface area contributed by atoms with Gasteiger partial charge in [-0.2, -0.15) is 0 Å². The second-order valence-electron chi connectivity index (χ2n) is 9.64. The fourth-order valence-electron chi connectivity index (χ4n) is 7.37. The number of ether oxygens (including phenoxy) is 1. The van der Waals surface area contributed by atoms with E-state index in [0.29, 0.717) is 23.7 Å². The van der Waals surface area contributed by atoms with Gasteiger partial charge in [-0.25, -0.2) is 0 Å². The first-order chi connectivity index (χ1) is 11.9. The second kappa shape index (κ2) is 4.94. The minimum atomic E-state index is -0.180. The molecule has 25 heavy (non-hydrogen) atoms. The van der Waals surface area contributed by atoms with E-state index < -0.39 is 0 Å². The van der Waals surface area contributed by atoms with Crippen LogP contribution in [0.4, 0.5) is 0 Å². The highest BCUT2D eigenvalue weighted by Gasteiger charge is 2.66. The highest BCUT2D eigenvalue weighted by molar-refractivity contribution is 5.98. The summed E-state index contributed by atoms with van der Waals surface area (Å²) in [6.45, 7) is 6.87. The molecule has 5 aliphatic rings. The number of carbonyl (C=O) groups excluding carboxylic acids is 2. The van der Waals surface area contributed by atoms with E-state index in [9.17, 15) is 9.59 Å². The quantitative estimate of drug-likeness (QED) is 0.568. The lowest BCUT2D eigenvalue weighted by atomic mass is 9.48. The van der Waals surface area contributed by atoms with Crippen molar-refractivity contribution >= 4 is 12.1 Å². The van der Waals surface area contributed by atoms with Gasteiger partial charge in [0, 0.05) is 11.3 Å². The number of hydrogen-bond acceptors (Lipinski definition) is 3. The summed E-state index contributed by atoms with van der Waals surface area (Å²) in [4.78, 5) is 23.5. The molecular formula is C22H28O3. The first-order valence-electron chi connectivity index (χ1n) is 9.96. The predicted molar refractivity (Wildman–Crippen MR) is 94.8 cm³/mol. The molecule has 4 aliphatic carbocycles. The second-order valence-corrected chi connectivity index (χ2v) is 9.64. The van der Waals surface area contributed by atoms with E-state index in [0.717, 1.165) is 0 Å². The Morgan fingerprint density at radius 3 is 2.80 bits per heavy atom. The van der Waals surface area contributed by atoms with Crippen LogP contribution in [0.1, 0.15) is 46.5 Å². The van der Waals surface area contributed by atoms with Crippen molar-refractivity contribution in [3.8, 4) is 0 Å². The molecule has 0 radical (unpaired) electrons. The van der Waals surface area contributed by atoms with Crippen LogP contribution in [0, 0.1) is 40.4 Å². The Morgan fingerprint density at radius 2 is 2.04 bits per heavy atom. The molecule has 0 aromatic heterocycles. The molecule has 134 valence electrons. The van der Waals surface area contributed by atoms with Crippen LogP contribution in [0.2, 0.25) is 0 Å². The lowest BCUT2D eigenvalue weighted by molar-refractivity contribution is -0.116. The molecule has 0 amide bonds. The molecule has 3 heteroatoms. The van der Waals surface area contributed by atoms with Gasteiger partial charge in [-0.05, 0) is 66.4 Å². The van der Waals surface area contributed by atoms with Crippen molar-refractivity contribution in [2.24, 2.45) is 40.4 Å². The molecule has 1 aliphatic heterocycles. The molecule has 2 saturated carbocycles. The van der Waals surface area contributed by atoms with Crippen LogP contribution in [-0.4, -0.2) is 24.3 Å². The highest BCUT2D eigenvalue weighted by Crippen LogP contribution is 2.67. The van der Waals surface area contributed by atoms with Gasteiger partial charge in [-0.3, -0.25) is 4.79 Å². The Morgan fingerprint density at radius 1 is 1.24 bits per heavy atom. The van der Waals surface area contributed by atoms with Gasteiger partial charge in [0.05, 0.1) is 0 Å². The standard InChI is InChI=1S/C22H28O3/c1-12(11-23)15-6-7-16-14-5-4-13-10-18(24)19-20(25-19)22(13,3)17(14)8-9-21(15,16)2/h4-5,10-12,14-17,19-20H,6-9H2,1-3H3/t12?,14-,15+,16-,17-,19-,20?,21+,22-/m0/s1. The molecule has 1 saturated heterocycles. The molecule has 0 aromatic rings. The van der Waals surface area contributed by atoms with Crippen LogP contribution in [0.25, 0.3) is 0 Å². The van der Waals surface area contributed by atoms with Gasteiger partial charge < -0.3 is 9.53 Å². The predicted octanol–water partition coefficient (Wildman–Crippen LogP) is 3.73. The Kier molecular flexibility index (Phi) is 3.16. The molecule has 0 aromatic carbocycles. The van der Waals surface area contributed by atoms with Crippen molar-refractivity contribution < 1.29 is 14.3 Å². The van der Waals surface area contributed by atoms with Crippen LogP contribution in [-0.2, 0) is 14.3 Å². The SMILES string of the molecule is CC(C=O)[C@H]1CC[C@H]2[C@@H]3C=CC4=CC(=O)[C@@H]5OC5[C@]4(C)[C@H]3CC[C@]12C. The van der Waals surface area contributed by atoms with E-state index in [1.54, 1.807) is 0 Å². The van der Waals surface area contributed by atoms with Gasteiger partial charge in [0.25, 0.3) is 0 Å². The number of carbonyl (C=O) groups is 2. The average Bonchev–Trinajstić information content (AvgIpc) is 3.33. The van der Waals surface area contributed by atoms with Gasteiger partial charge in [-0.15, -0.1) is 0 Å². The fourth-order valence-corrected chi connectivity index (χ4v) is 7.37. The van der Waals surface area contributed by atoms with Gasteiger partial charge in [0.2, 0.25) is 0 Å². The molecule has 0 spiro atoms. The van der Waals surface area contributed by atoms with E-state index in [1.165, 1.54) is 37.5 Å². The molecule has 1 heterocycles. The number of allylic oxidation sites excluding steroid dienone is 2. The van der Waals surface area contributed by atoms with E-state index in [4.69, 9.17) is 4.74 Å². The summed E-state index contributed by atoms with van der Waals surface area (Å²) in [6.07, 6.45) is 12.3. The molecular weight excluding hydrogens is 312 g/mol. The van der Waals surface area contributed by atoms with Crippen molar-refractivity contribution in [2.75, 3.05) is 0 Å². The van der Waals surface area contributed by atoms with E-state index in [-0.39, 0.29) is 34.7 Å². The van der Waals surface area contributed by atoms with Crippen LogP contribution < -0.4 is 0 Å². The Hall–Kier alpha value is -1.22. The molecule has 9 atom stereocenters. The molecule has 0 bridgehead atoms. The van der Waals surface area contributed by atoms with Gasteiger partial charge >= 0.3 is 0 Å². The lowest BCUT2D eigenvalue weighted by Gasteiger charge is -2.55. The number of fused-ring (bicyclic) bond motifs is 7. The van der Waals surface area contributed by atoms with Crippen LogP contribution >= 0.6 is 0 Å². The zero-order chi connectivity index (χ0) is 17.6. The summed E-state index contributed by atoms with van der Waals surface area (Å²) >= 11 is 0. The molecule has 0 N–H and O–H groups in total. The van der Waals surface area contributed by atoms with Crippen molar-refractivity contribution in [1.82, 2.24) is 0 Å². The highest BCUT2D eigenvalue weighted by atomic mass is 16.6. The molecule has 2 unspecified atom stereocenters. The maximum absolute atomic E-state index is 12.1. The third-order valence-electron chi connectivity index (χ3n) is 8.81. The van der Waals surface area contributed by atoms with E-state index in [2.05, 4.69) is 32.9 Å². The van der Waals surface area contributed by atoms with Crippen molar-refractivity contribution in [3.05, 3.63) is 23.8 Å². The minimum Gasteiger partial charge on any atom is -0.360 e. The maximum atomic E-state index is 12.1. The smallest absolute Gasteiger partial charge is 0.187 e. The Labute approximate surface area is 149 Å². The largest absolute Gasteiger partial charge is 0.360 e. The third-order valence-corrected chi connectivity index (χ3v) is 8.81. The van der Waals surface area contributed by atoms with E-state index in [1.807, 2.05) is 6.08 Å². The first kappa shape index (κ1) is 16.0. The first-order valence-corrected chi connectivity index (χ1v) is 9.96. The van der Waals surface area contributed by atoms with Crippen LogP contribution in [0.3, 0.4) is 0 Å². The third kappa shape index (κ3) is 1.86. The van der Waals surface area contributed by atoms with Gasteiger partial charge in [0.15, 0.2) is 5.78 Å². The van der Waals surface area contributed by atoms with Crippen molar-refractivity contribution in [3.63, 3.8) is 0 Å². The van der Waals surface area contributed by atoms with E-state index >= 15 is 0 Å². The van der Waals surface area contributed by atoms with Crippen molar-refractivity contribution in [1.29, 1.82) is 0 Å². The fraction of sp³-hybridized carbons (Fsp3) is 0.727. The number of hydrogen-bond donors (Lipinski definition) is 0. The molecule has 3 nitrogen and oxygen atoms in total. The number of rotatable bonds is 2. The maximum Gasteiger partial charge on any atom is 0.187 e. The minimum absolute atomic E-state index is 0.00626. The summed E-state index contributed by atoms with van der Waals surface area (Å²) < 4.78 is 5.84.